The van der Waals surface area contributed by atoms with Gasteiger partial charge in [0.2, 0.25) is 0 Å². The molecule has 0 heterocycles. The molecule has 194 valence electrons. The topological polar surface area (TPSA) is 40.5 Å². The molecule has 0 radical (unpaired) electrons. The Bertz CT molecular complexity index is 873. The van der Waals surface area contributed by atoms with Crippen molar-refractivity contribution in [2.75, 3.05) is 0 Å². The zero-order valence-corrected chi connectivity index (χ0v) is 24.5. The fourth-order valence-corrected chi connectivity index (χ4v) is 5.01. The van der Waals surface area contributed by atoms with E-state index in [0.29, 0.717) is 11.5 Å². The monoisotopic (exact) mass is 572 g/mol. The number of hydrogen-bond acceptors (Lipinski definition) is 2. The molecule has 0 unspecified atom stereocenters. The minimum Gasteiger partial charge on any atom is -0.508 e. The summed E-state index contributed by atoms with van der Waals surface area (Å²) >= 11 is 0. The van der Waals surface area contributed by atoms with Gasteiger partial charge >= 0.3 is 26.2 Å². The van der Waals surface area contributed by atoms with Crippen molar-refractivity contribution in [3.8, 4) is 11.5 Å². The second-order valence-electron chi connectivity index (χ2n) is 9.78. The predicted molar refractivity (Wildman–Crippen MR) is 152 cm³/mol. The first-order valence-electron chi connectivity index (χ1n) is 13.6. The van der Waals surface area contributed by atoms with Crippen LogP contribution in [0.15, 0.2) is 109 Å². The molecule has 0 spiro atoms. The Labute approximate surface area is 243 Å². The van der Waals surface area contributed by atoms with Gasteiger partial charge in [0, 0.05) is 0 Å². The van der Waals surface area contributed by atoms with Crippen molar-refractivity contribution in [3.63, 3.8) is 0 Å². The number of phenols is 2. The van der Waals surface area contributed by atoms with Gasteiger partial charge in [-0.1, -0.05) is 62.8 Å². The predicted octanol–water partition coefficient (Wildman–Crippen LogP) is 9.69. The third kappa shape index (κ3) is 12.6. The summed E-state index contributed by atoms with van der Waals surface area (Å²) in [6.07, 6.45) is 13.6. The molecule has 3 heteroatoms. The molecule has 2 saturated carbocycles. The van der Waals surface area contributed by atoms with E-state index in [2.05, 4.69) is 24.3 Å². The molecule has 2 aliphatic carbocycles. The van der Waals surface area contributed by atoms with E-state index in [9.17, 15) is 0 Å². The Morgan fingerprint density at radius 1 is 0.459 bits per heavy atom. The second-order valence-corrected chi connectivity index (χ2v) is 9.78. The number of aromatic hydroxyl groups is 2. The molecule has 4 aromatic rings. The molecule has 4 aromatic carbocycles. The maximum absolute atomic E-state index is 9.16. The van der Waals surface area contributed by atoms with E-state index >= 15 is 0 Å². The van der Waals surface area contributed by atoms with E-state index in [1.54, 1.807) is 24.3 Å². The molecule has 0 aromatic heterocycles. The van der Waals surface area contributed by atoms with Crippen LogP contribution < -0.4 is 0 Å². The van der Waals surface area contributed by atoms with Gasteiger partial charge in [-0.15, -0.1) is 0 Å². The van der Waals surface area contributed by atoms with E-state index in [4.69, 9.17) is 10.2 Å². The Hall–Kier alpha value is -2.38. The average Bonchev–Trinajstić information content (AvgIpc) is 3.71. The van der Waals surface area contributed by atoms with Crippen LogP contribution in [0.2, 0.25) is 0 Å². The van der Waals surface area contributed by atoms with Crippen molar-refractivity contribution in [2.45, 2.75) is 76.0 Å². The fourth-order valence-electron chi connectivity index (χ4n) is 5.01. The van der Waals surface area contributed by atoms with Crippen LogP contribution in [-0.4, -0.2) is 10.2 Å². The number of rotatable bonds is 2. The van der Waals surface area contributed by atoms with Crippen LogP contribution in [0, 0.1) is 0 Å². The summed E-state index contributed by atoms with van der Waals surface area (Å²) in [6, 6.07) is 35.4. The summed E-state index contributed by atoms with van der Waals surface area (Å²) in [5.74, 6) is 2.24. The van der Waals surface area contributed by atoms with Crippen LogP contribution >= 0.6 is 0 Å². The smallest absolute Gasteiger partial charge is 0.508 e. The Kier molecular flexibility index (Phi) is 15.7. The maximum Gasteiger partial charge on any atom is 2.00 e. The van der Waals surface area contributed by atoms with E-state index in [-0.39, 0.29) is 26.2 Å². The molecule has 2 fully saturated rings. The van der Waals surface area contributed by atoms with E-state index in [1.165, 1.54) is 75.3 Å². The fraction of sp³-hybridized carbons (Fsp3) is 0.353. The van der Waals surface area contributed by atoms with Gasteiger partial charge < -0.3 is 10.2 Å². The van der Waals surface area contributed by atoms with Gasteiger partial charge in [-0.05, 0) is 72.9 Å². The quantitative estimate of drug-likeness (QED) is 0.234. The first-order valence-corrected chi connectivity index (χ1v) is 13.6. The summed E-state index contributed by atoms with van der Waals surface area (Å²) in [6.45, 7) is 0. The molecule has 2 nitrogen and oxygen atoms in total. The van der Waals surface area contributed by atoms with Gasteiger partial charge in [-0.2, -0.15) is 36.4 Å². The second kappa shape index (κ2) is 18.8. The van der Waals surface area contributed by atoms with Crippen LogP contribution in [0.4, 0.5) is 0 Å². The van der Waals surface area contributed by atoms with Crippen molar-refractivity contribution in [3.05, 3.63) is 120 Å². The van der Waals surface area contributed by atoms with Crippen LogP contribution in [-0.2, 0) is 26.2 Å². The van der Waals surface area contributed by atoms with Crippen molar-refractivity contribution < 1.29 is 36.4 Å². The summed E-state index contributed by atoms with van der Waals surface area (Å²) in [5.41, 5.74) is 2.80. The number of benzene rings is 2. The molecule has 2 aliphatic rings. The molecular formula is C34H42O2Zr. The van der Waals surface area contributed by atoms with Gasteiger partial charge in [0.15, 0.2) is 0 Å². The Morgan fingerprint density at radius 3 is 1.00 bits per heavy atom. The minimum absolute atomic E-state index is 0. The minimum atomic E-state index is 0. The van der Waals surface area contributed by atoms with Gasteiger partial charge in [0.05, 0.1) is 0 Å². The molecule has 0 atom stereocenters. The third-order valence-electron chi connectivity index (χ3n) is 7.05. The Morgan fingerprint density at radius 2 is 0.757 bits per heavy atom. The number of phenolic OH excluding ortho intramolecular Hbond substituents is 2. The van der Waals surface area contributed by atoms with Crippen molar-refractivity contribution in [1.82, 2.24) is 0 Å². The van der Waals surface area contributed by atoms with E-state index in [1.807, 2.05) is 60.7 Å². The average molecular weight is 574 g/mol. The standard InChI is InChI=1S/2C12H16O.2C5H5.Zr/c2*13-12-8-6-11(7-9-12)10-4-2-1-3-5-10;2*1-2-4-5-3-1;/h2*6-10,13H,1-5H2;2*1-5H;/q;;2*-1;+2. The maximum atomic E-state index is 9.16. The van der Waals surface area contributed by atoms with Crippen molar-refractivity contribution in [2.24, 2.45) is 0 Å². The van der Waals surface area contributed by atoms with Gasteiger partial charge in [0.1, 0.15) is 11.5 Å². The molecule has 0 saturated heterocycles. The van der Waals surface area contributed by atoms with Gasteiger partial charge in [-0.25, -0.2) is 24.3 Å². The normalized spacial score (nSPS) is 15.4. The summed E-state index contributed by atoms with van der Waals surface area (Å²) < 4.78 is 0. The molecule has 0 aliphatic heterocycles. The third-order valence-corrected chi connectivity index (χ3v) is 7.05. The largest absolute Gasteiger partial charge is 2.00 e. The molecule has 2 N–H and O–H groups in total. The van der Waals surface area contributed by atoms with Crippen LogP contribution in [0.5, 0.6) is 11.5 Å². The zero-order valence-electron chi connectivity index (χ0n) is 22.0. The van der Waals surface area contributed by atoms with E-state index in [0.717, 1.165) is 11.8 Å². The number of hydrogen-bond donors (Lipinski definition) is 2. The van der Waals surface area contributed by atoms with Crippen LogP contribution in [0.1, 0.15) is 87.2 Å². The van der Waals surface area contributed by atoms with Gasteiger partial charge in [0.25, 0.3) is 0 Å². The summed E-state index contributed by atoms with van der Waals surface area (Å²) in [5, 5.41) is 18.3. The van der Waals surface area contributed by atoms with Crippen molar-refractivity contribution in [1.29, 1.82) is 0 Å². The van der Waals surface area contributed by atoms with Crippen LogP contribution in [0.3, 0.4) is 0 Å². The molecule has 6 rings (SSSR count). The SMILES string of the molecule is Oc1ccc(C2CCCCC2)cc1.Oc1ccc(C2CCCCC2)cc1.[Zr+2].c1cc[cH-]c1.c1cc[cH-]c1. The summed E-state index contributed by atoms with van der Waals surface area (Å²) in [4.78, 5) is 0. The zero-order chi connectivity index (χ0) is 25.3. The first-order chi connectivity index (χ1) is 17.7. The molecule has 37 heavy (non-hydrogen) atoms. The van der Waals surface area contributed by atoms with Crippen molar-refractivity contribution >= 4 is 0 Å². The molecule has 0 amide bonds. The first kappa shape index (κ1) is 30.8. The molecule has 0 bridgehead atoms. The van der Waals surface area contributed by atoms with Crippen LogP contribution in [0.25, 0.3) is 0 Å². The molecular weight excluding hydrogens is 532 g/mol. The van der Waals surface area contributed by atoms with Gasteiger partial charge in [-0.3, -0.25) is 0 Å². The van der Waals surface area contributed by atoms with E-state index < -0.39 is 0 Å². The summed E-state index contributed by atoms with van der Waals surface area (Å²) in [7, 11) is 0. The Balaban J connectivity index is 0.000000187.